The number of benzene rings is 1. The fraction of sp³-hybridized carbons (Fsp3) is 0.476. The molecule has 2 aliphatic rings. The molecular formula is C21H31N5O2. The van der Waals surface area contributed by atoms with Crippen LogP contribution in [0.2, 0.25) is 0 Å². The second kappa shape index (κ2) is 9.01. The van der Waals surface area contributed by atoms with Gasteiger partial charge in [-0.2, -0.15) is 0 Å². The van der Waals surface area contributed by atoms with E-state index < -0.39 is 0 Å². The Labute approximate surface area is 167 Å². The third-order valence-electron chi connectivity index (χ3n) is 5.42. The van der Waals surface area contributed by atoms with Crippen LogP contribution in [0.5, 0.6) is 5.75 Å². The van der Waals surface area contributed by atoms with Crippen molar-refractivity contribution in [2.45, 2.75) is 6.42 Å². The normalized spacial score (nSPS) is 18.4. The molecule has 3 rings (SSSR count). The van der Waals surface area contributed by atoms with Crippen LogP contribution < -0.4 is 15.0 Å². The van der Waals surface area contributed by atoms with Crippen molar-refractivity contribution in [3.8, 4) is 5.75 Å². The third kappa shape index (κ3) is 4.42. The number of carbonyl (C=O) groups is 1. The van der Waals surface area contributed by atoms with E-state index in [-0.39, 0.29) is 6.03 Å². The number of urea groups is 1. The standard InChI is InChI=1S/C21H31N5O2/c1-17-16-20(24(3)21(27)23(17)2)22-10-7-11-25-12-14-26(15-13-25)18-8-5-6-9-19(18)28-4/h5-6,8-9,16,22H,1,7,10-15H2,2-4H3. The number of para-hydroxylation sites is 2. The van der Waals surface area contributed by atoms with Gasteiger partial charge in [0, 0.05) is 58.6 Å². The summed E-state index contributed by atoms with van der Waals surface area (Å²) in [5.74, 6) is 1.75. The van der Waals surface area contributed by atoms with Gasteiger partial charge in [0.1, 0.15) is 11.6 Å². The number of allylic oxidation sites excluding steroid dienone is 1. The summed E-state index contributed by atoms with van der Waals surface area (Å²) in [7, 11) is 5.24. The van der Waals surface area contributed by atoms with Gasteiger partial charge in [-0.15, -0.1) is 0 Å². The number of nitrogens with zero attached hydrogens (tertiary/aromatic N) is 4. The van der Waals surface area contributed by atoms with E-state index >= 15 is 0 Å². The predicted octanol–water partition coefficient (Wildman–Crippen LogP) is 2.15. The Bertz CT molecular complexity index is 740. The van der Waals surface area contributed by atoms with E-state index in [0.29, 0.717) is 5.70 Å². The topological polar surface area (TPSA) is 51.3 Å². The molecule has 2 aliphatic heterocycles. The zero-order chi connectivity index (χ0) is 20.1. The molecule has 0 saturated carbocycles. The highest BCUT2D eigenvalue weighted by atomic mass is 16.5. The van der Waals surface area contributed by atoms with Crippen molar-refractivity contribution >= 4 is 11.7 Å². The summed E-state index contributed by atoms with van der Waals surface area (Å²) in [4.78, 5) is 20.2. The lowest BCUT2D eigenvalue weighted by Gasteiger charge is -2.36. The van der Waals surface area contributed by atoms with E-state index in [4.69, 9.17) is 4.74 Å². The SMILES string of the molecule is C=C1C=C(NCCCN2CCN(c3ccccc3OC)CC2)N(C)C(=O)N1C. The van der Waals surface area contributed by atoms with Gasteiger partial charge < -0.3 is 15.0 Å². The summed E-state index contributed by atoms with van der Waals surface area (Å²) in [6.45, 7) is 9.87. The van der Waals surface area contributed by atoms with Crippen molar-refractivity contribution in [2.75, 3.05) is 65.4 Å². The average Bonchev–Trinajstić information content (AvgIpc) is 2.73. The van der Waals surface area contributed by atoms with Gasteiger partial charge in [-0.3, -0.25) is 14.7 Å². The van der Waals surface area contributed by atoms with Gasteiger partial charge in [0.2, 0.25) is 0 Å². The van der Waals surface area contributed by atoms with Gasteiger partial charge in [-0.25, -0.2) is 4.79 Å². The molecule has 7 heteroatoms. The molecule has 0 radical (unpaired) electrons. The molecule has 2 amide bonds. The van der Waals surface area contributed by atoms with Crippen molar-refractivity contribution in [1.82, 2.24) is 20.0 Å². The molecule has 7 nitrogen and oxygen atoms in total. The highest BCUT2D eigenvalue weighted by Gasteiger charge is 2.24. The molecule has 0 atom stereocenters. The first-order valence-electron chi connectivity index (χ1n) is 9.77. The Balaban J connectivity index is 1.41. The maximum atomic E-state index is 12.1. The first-order valence-corrected chi connectivity index (χ1v) is 9.77. The third-order valence-corrected chi connectivity index (χ3v) is 5.42. The molecule has 0 unspecified atom stereocenters. The quantitative estimate of drug-likeness (QED) is 0.729. The molecule has 2 heterocycles. The van der Waals surface area contributed by atoms with Crippen molar-refractivity contribution < 1.29 is 9.53 Å². The Kier molecular flexibility index (Phi) is 6.46. The lowest BCUT2D eigenvalue weighted by atomic mass is 10.2. The summed E-state index contributed by atoms with van der Waals surface area (Å²) in [6, 6.07) is 8.14. The number of hydrogen-bond acceptors (Lipinski definition) is 5. The molecule has 0 aliphatic carbocycles. The summed E-state index contributed by atoms with van der Waals surface area (Å²) in [5, 5.41) is 3.37. The van der Waals surface area contributed by atoms with Crippen LogP contribution in [0, 0.1) is 0 Å². The first-order chi connectivity index (χ1) is 13.5. The zero-order valence-corrected chi connectivity index (χ0v) is 17.1. The van der Waals surface area contributed by atoms with E-state index in [1.54, 1.807) is 31.0 Å². The van der Waals surface area contributed by atoms with Gasteiger partial charge in [0.15, 0.2) is 0 Å². The molecule has 1 N–H and O–H groups in total. The number of amides is 2. The van der Waals surface area contributed by atoms with Crippen LogP contribution in [0.1, 0.15) is 6.42 Å². The van der Waals surface area contributed by atoms with Crippen LogP contribution in [0.3, 0.4) is 0 Å². The summed E-state index contributed by atoms with van der Waals surface area (Å²) in [5.41, 5.74) is 1.88. The minimum atomic E-state index is -0.0672. The fourth-order valence-corrected chi connectivity index (χ4v) is 3.59. The number of hydrogen-bond donors (Lipinski definition) is 1. The average molecular weight is 386 g/mol. The Morgan fingerprint density at radius 2 is 1.82 bits per heavy atom. The highest BCUT2D eigenvalue weighted by molar-refractivity contribution is 5.79. The lowest BCUT2D eigenvalue weighted by Crippen LogP contribution is -2.47. The van der Waals surface area contributed by atoms with E-state index in [9.17, 15) is 4.79 Å². The van der Waals surface area contributed by atoms with Gasteiger partial charge in [0.05, 0.1) is 12.8 Å². The van der Waals surface area contributed by atoms with Gasteiger partial charge in [0.25, 0.3) is 0 Å². The molecule has 28 heavy (non-hydrogen) atoms. The molecule has 1 aromatic carbocycles. The molecule has 1 saturated heterocycles. The molecule has 1 aromatic rings. The Hall–Kier alpha value is -2.67. The number of nitrogens with one attached hydrogen (secondary N) is 1. The van der Waals surface area contributed by atoms with Gasteiger partial charge in [-0.05, 0) is 25.1 Å². The Morgan fingerprint density at radius 1 is 1.11 bits per heavy atom. The lowest BCUT2D eigenvalue weighted by molar-refractivity contribution is 0.188. The van der Waals surface area contributed by atoms with E-state index in [1.165, 1.54) is 5.69 Å². The van der Waals surface area contributed by atoms with Gasteiger partial charge >= 0.3 is 6.03 Å². The van der Waals surface area contributed by atoms with Crippen molar-refractivity contribution in [2.24, 2.45) is 0 Å². The van der Waals surface area contributed by atoms with Crippen molar-refractivity contribution in [3.05, 3.63) is 48.4 Å². The minimum Gasteiger partial charge on any atom is -0.495 e. The van der Waals surface area contributed by atoms with Crippen molar-refractivity contribution in [3.63, 3.8) is 0 Å². The van der Waals surface area contributed by atoms with Crippen LogP contribution in [0.15, 0.2) is 48.4 Å². The van der Waals surface area contributed by atoms with Crippen LogP contribution >= 0.6 is 0 Å². The molecule has 0 spiro atoms. The van der Waals surface area contributed by atoms with Gasteiger partial charge in [-0.1, -0.05) is 18.7 Å². The molecule has 0 bridgehead atoms. The predicted molar refractivity (Wildman–Crippen MR) is 112 cm³/mol. The number of carbonyl (C=O) groups excluding carboxylic acids is 1. The second-order valence-electron chi connectivity index (χ2n) is 7.20. The number of ether oxygens (including phenoxy) is 1. The monoisotopic (exact) mass is 385 g/mol. The summed E-state index contributed by atoms with van der Waals surface area (Å²) < 4.78 is 5.49. The number of rotatable bonds is 7. The van der Waals surface area contributed by atoms with E-state index in [2.05, 4.69) is 33.8 Å². The first kappa shape index (κ1) is 20.1. The van der Waals surface area contributed by atoms with E-state index in [0.717, 1.165) is 57.3 Å². The summed E-state index contributed by atoms with van der Waals surface area (Å²) >= 11 is 0. The minimum absolute atomic E-state index is 0.0672. The van der Waals surface area contributed by atoms with Crippen LogP contribution in [0.4, 0.5) is 10.5 Å². The Morgan fingerprint density at radius 3 is 2.54 bits per heavy atom. The molecule has 0 aromatic heterocycles. The number of methoxy groups -OCH3 is 1. The summed E-state index contributed by atoms with van der Waals surface area (Å²) in [6.07, 6.45) is 2.93. The van der Waals surface area contributed by atoms with E-state index in [1.807, 2.05) is 18.2 Å². The smallest absolute Gasteiger partial charge is 0.329 e. The van der Waals surface area contributed by atoms with Crippen LogP contribution in [-0.2, 0) is 0 Å². The number of anilines is 1. The largest absolute Gasteiger partial charge is 0.495 e. The maximum absolute atomic E-state index is 12.1. The highest BCUT2D eigenvalue weighted by Crippen LogP contribution is 2.28. The number of likely N-dealkylation sites (N-methyl/N-ethyl adjacent to an activating group) is 1. The molecule has 152 valence electrons. The van der Waals surface area contributed by atoms with Crippen molar-refractivity contribution in [1.29, 1.82) is 0 Å². The zero-order valence-electron chi connectivity index (χ0n) is 17.1. The van der Waals surface area contributed by atoms with Crippen LogP contribution in [-0.4, -0.2) is 81.2 Å². The molecular weight excluding hydrogens is 354 g/mol. The second-order valence-corrected chi connectivity index (χ2v) is 7.20. The van der Waals surface area contributed by atoms with Crippen LogP contribution in [0.25, 0.3) is 0 Å². The molecule has 1 fully saturated rings. The fourth-order valence-electron chi connectivity index (χ4n) is 3.59. The number of piperazine rings is 1. The maximum Gasteiger partial charge on any atom is 0.329 e.